The third-order valence-corrected chi connectivity index (χ3v) is 1.60. The van der Waals surface area contributed by atoms with Gasteiger partial charge in [-0.15, -0.1) is 6.42 Å². The average Bonchev–Trinajstić information content (AvgIpc) is 2.17. The molecule has 1 rings (SSSR count). The Morgan fingerprint density at radius 2 is 2.36 bits per heavy atom. The molecule has 0 aliphatic carbocycles. The van der Waals surface area contributed by atoms with Gasteiger partial charge in [0.2, 0.25) is 0 Å². The summed E-state index contributed by atoms with van der Waals surface area (Å²) in [5, 5.41) is 2.15. The molecule has 4 heteroatoms. The molecule has 0 aromatic rings. The number of hydrogen-bond acceptors (Lipinski definition) is 2. The fourth-order valence-electron chi connectivity index (χ4n) is 0.906. The lowest BCUT2D eigenvalue weighted by atomic mass is 10.3. The summed E-state index contributed by atoms with van der Waals surface area (Å²) in [6, 6.07) is -0.834. The van der Waals surface area contributed by atoms with E-state index in [1.807, 2.05) is 0 Å². The van der Waals surface area contributed by atoms with E-state index in [4.69, 9.17) is 6.42 Å². The molecule has 4 nitrogen and oxygen atoms in total. The quantitative estimate of drug-likeness (QED) is 0.409. The second kappa shape index (κ2) is 2.62. The number of urea groups is 1. The fraction of sp³-hybridized carbons (Fsp3) is 0.429. The standard InChI is InChI=1S/C7H8N2O2/c1-3-4-9-5(2)6(10)8-7(9)11/h1,5H,4H2,2H3,(H,8,10,11). The van der Waals surface area contributed by atoms with Gasteiger partial charge in [0, 0.05) is 0 Å². The van der Waals surface area contributed by atoms with Crippen LogP contribution >= 0.6 is 0 Å². The first kappa shape index (κ1) is 7.61. The van der Waals surface area contributed by atoms with Crippen LogP contribution in [0.3, 0.4) is 0 Å². The molecule has 1 heterocycles. The third-order valence-electron chi connectivity index (χ3n) is 1.60. The molecule has 1 fully saturated rings. The average molecular weight is 152 g/mol. The first-order valence-electron chi connectivity index (χ1n) is 3.21. The molecule has 0 aromatic heterocycles. The van der Waals surface area contributed by atoms with Crippen molar-refractivity contribution in [3.05, 3.63) is 0 Å². The predicted molar refractivity (Wildman–Crippen MR) is 38.5 cm³/mol. The third kappa shape index (κ3) is 1.17. The highest BCUT2D eigenvalue weighted by molar-refractivity contribution is 6.03. The van der Waals surface area contributed by atoms with Crippen molar-refractivity contribution >= 4 is 11.9 Å². The van der Waals surface area contributed by atoms with Crippen molar-refractivity contribution in [1.82, 2.24) is 10.2 Å². The van der Waals surface area contributed by atoms with E-state index < -0.39 is 12.1 Å². The van der Waals surface area contributed by atoms with Crippen LogP contribution in [0.2, 0.25) is 0 Å². The molecule has 0 bridgehead atoms. The molecule has 0 aromatic carbocycles. The van der Waals surface area contributed by atoms with Crippen LogP contribution in [0.15, 0.2) is 0 Å². The second-order valence-electron chi connectivity index (χ2n) is 2.30. The lowest BCUT2D eigenvalue weighted by molar-refractivity contribution is -0.120. The van der Waals surface area contributed by atoms with Gasteiger partial charge < -0.3 is 4.90 Å². The van der Waals surface area contributed by atoms with Gasteiger partial charge in [-0.05, 0) is 6.92 Å². The Kier molecular flexibility index (Phi) is 1.81. The number of hydrogen-bond donors (Lipinski definition) is 1. The zero-order chi connectivity index (χ0) is 8.43. The molecule has 1 aliphatic heterocycles. The number of terminal acetylenes is 1. The first-order chi connectivity index (χ1) is 5.16. The summed E-state index contributed by atoms with van der Waals surface area (Å²) in [7, 11) is 0. The summed E-state index contributed by atoms with van der Waals surface area (Å²) >= 11 is 0. The van der Waals surface area contributed by atoms with Crippen molar-refractivity contribution in [2.24, 2.45) is 0 Å². The molecule has 0 saturated carbocycles. The van der Waals surface area contributed by atoms with Gasteiger partial charge in [-0.1, -0.05) is 5.92 Å². The first-order valence-corrected chi connectivity index (χ1v) is 3.21. The van der Waals surface area contributed by atoms with E-state index in [2.05, 4.69) is 11.2 Å². The minimum absolute atomic E-state index is 0.179. The van der Waals surface area contributed by atoms with Gasteiger partial charge in [0.15, 0.2) is 0 Å². The smallest absolute Gasteiger partial charge is 0.302 e. The van der Waals surface area contributed by atoms with E-state index in [-0.39, 0.29) is 12.5 Å². The summed E-state index contributed by atoms with van der Waals surface area (Å²) in [5.41, 5.74) is 0. The number of nitrogens with one attached hydrogen (secondary N) is 1. The Bertz CT molecular complexity index is 241. The fourth-order valence-corrected chi connectivity index (χ4v) is 0.906. The summed E-state index contributed by atoms with van der Waals surface area (Å²) in [6.45, 7) is 1.82. The van der Waals surface area contributed by atoms with Gasteiger partial charge in [0.1, 0.15) is 6.04 Å². The predicted octanol–water partition coefficient (Wildman–Crippen LogP) is -0.440. The molecule has 0 radical (unpaired) electrons. The Morgan fingerprint density at radius 3 is 2.73 bits per heavy atom. The van der Waals surface area contributed by atoms with E-state index in [0.717, 1.165) is 0 Å². The van der Waals surface area contributed by atoms with Crippen LogP contribution in [0.4, 0.5) is 4.79 Å². The minimum atomic E-state index is -0.432. The molecule has 1 aliphatic rings. The summed E-state index contributed by atoms with van der Waals surface area (Å²) < 4.78 is 0. The minimum Gasteiger partial charge on any atom is -0.302 e. The molecule has 1 atom stereocenters. The van der Waals surface area contributed by atoms with E-state index in [1.54, 1.807) is 6.92 Å². The Labute approximate surface area is 64.6 Å². The molecule has 1 saturated heterocycles. The lowest BCUT2D eigenvalue weighted by Crippen LogP contribution is -2.33. The molecule has 1 N–H and O–H groups in total. The molecule has 58 valence electrons. The van der Waals surface area contributed by atoms with Crippen LogP contribution < -0.4 is 5.32 Å². The van der Waals surface area contributed by atoms with E-state index in [0.29, 0.717) is 0 Å². The van der Waals surface area contributed by atoms with Crippen LogP contribution in [0.5, 0.6) is 0 Å². The van der Waals surface area contributed by atoms with Gasteiger partial charge in [-0.2, -0.15) is 0 Å². The van der Waals surface area contributed by atoms with Gasteiger partial charge in [0.05, 0.1) is 6.54 Å². The SMILES string of the molecule is C#CCN1C(=O)NC(=O)C1C. The topological polar surface area (TPSA) is 49.4 Å². The monoisotopic (exact) mass is 152 g/mol. The number of carbonyl (C=O) groups excluding carboxylic acids is 2. The Hall–Kier alpha value is -1.50. The zero-order valence-electron chi connectivity index (χ0n) is 6.13. The van der Waals surface area contributed by atoms with Crippen molar-refractivity contribution < 1.29 is 9.59 Å². The van der Waals surface area contributed by atoms with Crippen LogP contribution in [0.1, 0.15) is 6.92 Å². The summed E-state index contributed by atoms with van der Waals surface area (Å²) in [5.74, 6) is 2.02. The number of rotatable bonds is 1. The van der Waals surface area contributed by atoms with E-state index >= 15 is 0 Å². The largest absolute Gasteiger partial charge is 0.325 e. The zero-order valence-corrected chi connectivity index (χ0v) is 6.13. The molecular formula is C7H8N2O2. The molecule has 3 amide bonds. The lowest BCUT2D eigenvalue weighted by Gasteiger charge is -2.13. The maximum Gasteiger partial charge on any atom is 0.325 e. The second-order valence-corrected chi connectivity index (χ2v) is 2.30. The maximum absolute atomic E-state index is 10.9. The van der Waals surface area contributed by atoms with Gasteiger partial charge in [-0.3, -0.25) is 10.1 Å². The number of nitrogens with zero attached hydrogens (tertiary/aromatic N) is 1. The van der Waals surface area contributed by atoms with Gasteiger partial charge in [-0.25, -0.2) is 4.79 Å². The molecular weight excluding hydrogens is 144 g/mol. The highest BCUT2D eigenvalue weighted by atomic mass is 16.2. The van der Waals surface area contributed by atoms with Gasteiger partial charge in [0.25, 0.3) is 5.91 Å². The highest BCUT2D eigenvalue weighted by Gasteiger charge is 2.33. The van der Waals surface area contributed by atoms with E-state index in [1.165, 1.54) is 4.90 Å². The summed E-state index contributed by atoms with van der Waals surface area (Å²) in [6.07, 6.45) is 5.00. The number of amides is 3. The van der Waals surface area contributed by atoms with Crippen LogP contribution in [0, 0.1) is 12.3 Å². The van der Waals surface area contributed by atoms with Crippen molar-refractivity contribution in [1.29, 1.82) is 0 Å². The maximum atomic E-state index is 10.9. The molecule has 1 unspecified atom stereocenters. The molecule has 0 spiro atoms. The van der Waals surface area contributed by atoms with Crippen molar-refractivity contribution in [3.8, 4) is 12.3 Å². The Balaban J connectivity index is 2.73. The van der Waals surface area contributed by atoms with E-state index in [9.17, 15) is 9.59 Å². The highest BCUT2D eigenvalue weighted by Crippen LogP contribution is 2.05. The summed E-state index contributed by atoms with van der Waals surface area (Å²) in [4.78, 5) is 23.0. The number of carbonyl (C=O) groups is 2. The van der Waals surface area contributed by atoms with Crippen LogP contribution in [-0.2, 0) is 4.79 Å². The molecule has 11 heavy (non-hydrogen) atoms. The van der Waals surface area contributed by atoms with Gasteiger partial charge >= 0.3 is 6.03 Å². The van der Waals surface area contributed by atoms with Crippen molar-refractivity contribution in [2.45, 2.75) is 13.0 Å². The van der Waals surface area contributed by atoms with Crippen molar-refractivity contribution in [2.75, 3.05) is 6.54 Å². The normalized spacial score (nSPS) is 23.3. The van der Waals surface area contributed by atoms with Crippen molar-refractivity contribution in [3.63, 3.8) is 0 Å². The Morgan fingerprint density at radius 1 is 1.73 bits per heavy atom. The number of imide groups is 1. The van der Waals surface area contributed by atoms with Crippen LogP contribution in [-0.4, -0.2) is 29.4 Å². The van der Waals surface area contributed by atoms with Crippen LogP contribution in [0.25, 0.3) is 0 Å².